The number of piperazine rings is 1. The summed E-state index contributed by atoms with van der Waals surface area (Å²) < 4.78 is 12.4. The molecule has 146 valence electrons. The van der Waals surface area contributed by atoms with Crippen LogP contribution in [0.1, 0.15) is 18.9 Å². The predicted octanol–water partition coefficient (Wildman–Crippen LogP) is 4.34. The summed E-state index contributed by atoms with van der Waals surface area (Å²) in [6, 6.07) is 14.6. The Morgan fingerprint density at radius 1 is 1.00 bits per heavy atom. The lowest BCUT2D eigenvalue weighted by molar-refractivity contribution is 0.271. The number of benzene rings is 1. The van der Waals surface area contributed by atoms with Crippen LogP contribution < -0.4 is 4.90 Å². The predicted molar refractivity (Wildman–Crippen MR) is 114 cm³/mol. The highest BCUT2D eigenvalue weighted by Gasteiger charge is 2.20. The Kier molecular flexibility index (Phi) is 5.81. The molecule has 28 heavy (non-hydrogen) atoms. The van der Waals surface area contributed by atoms with Gasteiger partial charge in [0.2, 0.25) is 0 Å². The van der Waals surface area contributed by atoms with Crippen LogP contribution >= 0.6 is 0 Å². The number of aryl methyl sites for hydroxylation is 1. The third-order valence-corrected chi connectivity index (χ3v) is 5.53. The van der Waals surface area contributed by atoms with Gasteiger partial charge >= 0.3 is 0 Å². The number of pyridine rings is 2. The number of fused-ring (bicyclic) bond motifs is 1. The summed E-state index contributed by atoms with van der Waals surface area (Å²) in [5.41, 5.74) is 2.82. The van der Waals surface area contributed by atoms with Crippen LogP contribution in [0.15, 0.2) is 48.7 Å². The molecule has 0 radical (unpaired) electrons. The van der Waals surface area contributed by atoms with Crippen molar-refractivity contribution in [3.63, 3.8) is 0 Å². The zero-order chi connectivity index (χ0) is 19.3. The van der Waals surface area contributed by atoms with E-state index in [2.05, 4.69) is 52.0 Å². The minimum Gasteiger partial charge on any atom is -0.354 e. The van der Waals surface area contributed by atoms with Crippen LogP contribution in [0, 0.1) is 0 Å². The number of alkyl halides is 1. The van der Waals surface area contributed by atoms with Crippen LogP contribution in [0.3, 0.4) is 0 Å². The van der Waals surface area contributed by atoms with Crippen LogP contribution in [0.2, 0.25) is 0 Å². The second-order valence-corrected chi connectivity index (χ2v) is 7.32. The van der Waals surface area contributed by atoms with Crippen molar-refractivity contribution in [3.8, 4) is 11.4 Å². The van der Waals surface area contributed by atoms with Gasteiger partial charge in [0.15, 0.2) is 0 Å². The van der Waals surface area contributed by atoms with Gasteiger partial charge in [0.05, 0.1) is 18.1 Å². The SMILES string of the molecule is CCN1CCN(c2nc(-c3ccc(CCCF)cn3)cc3ccccc23)CC1. The maximum Gasteiger partial charge on any atom is 0.137 e. The van der Waals surface area contributed by atoms with E-state index in [0.29, 0.717) is 6.42 Å². The minimum absolute atomic E-state index is 0.289. The Morgan fingerprint density at radius 3 is 2.54 bits per heavy atom. The molecule has 0 N–H and O–H groups in total. The van der Waals surface area contributed by atoms with E-state index < -0.39 is 0 Å². The maximum atomic E-state index is 12.4. The third kappa shape index (κ3) is 3.99. The van der Waals surface area contributed by atoms with Crippen LogP contribution in [0.4, 0.5) is 10.2 Å². The smallest absolute Gasteiger partial charge is 0.137 e. The first-order valence-electron chi connectivity index (χ1n) is 10.2. The largest absolute Gasteiger partial charge is 0.354 e. The molecule has 3 heterocycles. The monoisotopic (exact) mass is 378 g/mol. The van der Waals surface area contributed by atoms with Crippen LogP contribution in [0.5, 0.6) is 0 Å². The van der Waals surface area contributed by atoms with Crippen LogP contribution in [-0.2, 0) is 6.42 Å². The molecule has 1 saturated heterocycles. The fraction of sp³-hybridized carbons (Fsp3) is 0.391. The van der Waals surface area contributed by atoms with Crippen LogP contribution in [0.25, 0.3) is 22.2 Å². The Balaban J connectivity index is 1.68. The lowest BCUT2D eigenvalue weighted by atomic mass is 10.1. The van der Waals surface area contributed by atoms with Crippen molar-refractivity contribution in [1.29, 1.82) is 0 Å². The Morgan fingerprint density at radius 2 is 1.82 bits per heavy atom. The quantitative estimate of drug-likeness (QED) is 0.639. The molecule has 1 fully saturated rings. The standard InChI is InChI=1S/C23H27FN4/c1-2-27-12-14-28(15-13-27)23-20-8-4-3-7-19(20)16-22(26-23)21-10-9-18(17-25-21)6-5-11-24/h3-4,7-10,16-17H,2,5-6,11-15H2,1H3. The number of anilines is 1. The van der Waals surface area contributed by atoms with Crippen molar-refractivity contribution in [3.05, 3.63) is 54.2 Å². The van der Waals surface area contributed by atoms with Crippen molar-refractivity contribution in [2.24, 2.45) is 0 Å². The molecule has 0 amide bonds. The van der Waals surface area contributed by atoms with E-state index in [0.717, 1.165) is 61.9 Å². The fourth-order valence-corrected chi connectivity index (χ4v) is 3.82. The second-order valence-electron chi connectivity index (χ2n) is 7.32. The first kappa shape index (κ1) is 18.8. The molecule has 1 aromatic carbocycles. The number of aromatic nitrogens is 2. The van der Waals surface area contributed by atoms with Gasteiger partial charge < -0.3 is 9.80 Å². The fourth-order valence-electron chi connectivity index (χ4n) is 3.82. The highest BCUT2D eigenvalue weighted by molar-refractivity contribution is 5.94. The summed E-state index contributed by atoms with van der Waals surface area (Å²) in [5.74, 6) is 1.05. The van der Waals surface area contributed by atoms with E-state index in [-0.39, 0.29) is 6.67 Å². The number of hydrogen-bond donors (Lipinski definition) is 0. The van der Waals surface area contributed by atoms with Gasteiger partial charge in [-0.25, -0.2) is 4.98 Å². The van der Waals surface area contributed by atoms with Crippen LogP contribution in [-0.4, -0.2) is 54.3 Å². The topological polar surface area (TPSA) is 32.3 Å². The zero-order valence-corrected chi connectivity index (χ0v) is 16.4. The van der Waals surface area contributed by atoms with Crippen molar-refractivity contribution >= 4 is 16.6 Å². The number of nitrogens with zero attached hydrogens (tertiary/aromatic N) is 4. The Bertz CT molecular complexity index is 918. The normalized spacial score (nSPS) is 15.3. The van der Waals surface area contributed by atoms with Gasteiger partial charge in [-0.15, -0.1) is 0 Å². The van der Waals surface area contributed by atoms with E-state index in [1.807, 2.05) is 18.3 Å². The molecule has 0 bridgehead atoms. The number of halogens is 1. The molecule has 0 unspecified atom stereocenters. The van der Waals surface area contributed by atoms with Crippen molar-refractivity contribution < 1.29 is 4.39 Å². The van der Waals surface area contributed by atoms with Gasteiger partial charge in [-0.1, -0.05) is 37.3 Å². The van der Waals surface area contributed by atoms with E-state index in [1.54, 1.807) is 0 Å². The van der Waals surface area contributed by atoms with E-state index in [4.69, 9.17) is 4.98 Å². The maximum absolute atomic E-state index is 12.4. The molecule has 1 aliphatic rings. The summed E-state index contributed by atoms with van der Waals surface area (Å²) in [5, 5.41) is 2.37. The average molecular weight is 378 g/mol. The molecule has 0 atom stereocenters. The van der Waals surface area contributed by atoms with Gasteiger partial charge in [-0.05, 0) is 42.5 Å². The van der Waals surface area contributed by atoms with Gasteiger partial charge in [0, 0.05) is 37.8 Å². The molecular formula is C23H27FN4. The molecule has 0 saturated carbocycles. The number of likely N-dealkylation sites (N-methyl/N-ethyl adjacent to an activating group) is 1. The lowest BCUT2D eigenvalue weighted by Gasteiger charge is -2.35. The molecule has 1 aliphatic heterocycles. The minimum atomic E-state index is -0.289. The Labute approximate surface area is 166 Å². The van der Waals surface area contributed by atoms with Crippen molar-refractivity contribution in [2.75, 3.05) is 44.3 Å². The molecule has 5 heteroatoms. The van der Waals surface area contributed by atoms with Gasteiger partial charge in [-0.3, -0.25) is 9.37 Å². The van der Waals surface area contributed by atoms with Crippen molar-refractivity contribution in [1.82, 2.24) is 14.9 Å². The molecule has 0 spiro atoms. The second kappa shape index (κ2) is 8.65. The van der Waals surface area contributed by atoms with Gasteiger partial charge in [-0.2, -0.15) is 0 Å². The summed E-state index contributed by atoms with van der Waals surface area (Å²) in [7, 11) is 0. The summed E-state index contributed by atoms with van der Waals surface area (Å²) in [6.45, 7) is 7.14. The third-order valence-electron chi connectivity index (χ3n) is 5.53. The molecule has 3 aromatic rings. The van der Waals surface area contributed by atoms with Gasteiger partial charge in [0.1, 0.15) is 5.82 Å². The zero-order valence-electron chi connectivity index (χ0n) is 16.4. The molecule has 2 aromatic heterocycles. The first-order chi connectivity index (χ1) is 13.8. The van der Waals surface area contributed by atoms with E-state index >= 15 is 0 Å². The average Bonchev–Trinajstić information content (AvgIpc) is 2.77. The highest BCUT2D eigenvalue weighted by Crippen LogP contribution is 2.30. The first-order valence-corrected chi connectivity index (χ1v) is 10.2. The summed E-state index contributed by atoms with van der Waals surface area (Å²) in [4.78, 5) is 14.5. The molecule has 4 rings (SSSR count). The Hall–Kier alpha value is -2.53. The van der Waals surface area contributed by atoms with Crippen molar-refractivity contribution in [2.45, 2.75) is 19.8 Å². The number of rotatable bonds is 6. The van der Waals surface area contributed by atoms with E-state index in [9.17, 15) is 4.39 Å². The van der Waals surface area contributed by atoms with E-state index in [1.165, 1.54) is 10.8 Å². The molecule has 4 nitrogen and oxygen atoms in total. The summed E-state index contributed by atoms with van der Waals surface area (Å²) in [6.07, 6.45) is 3.12. The number of hydrogen-bond acceptors (Lipinski definition) is 4. The highest BCUT2D eigenvalue weighted by atomic mass is 19.1. The molecular weight excluding hydrogens is 351 g/mol. The van der Waals surface area contributed by atoms with Gasteiger partial charge in [0.25, 0.3) is 0 Å². The summed E-state index contributed by atoms with van der Waals surface area (Å²) >= 11 is 0. The molecule has 0 aliphatic carbocycles. The lowest BCUT2D eigenvalue weighted by Crippen LogP contribution is -2.46.